The molecule has 2 N–H and O–H groups in total. The Labute approximate surface area is 126 Å². The molecule has 0 amide bonds. The predicted molar refractivity (Wildman–Crippen MR) is 83.4 cm³/mol. The van der Waals surface area contributed by atoms with Crippen molar-refractivity contribution in [3.63, 3.8) is 0 Å². The summed E-state index contributed by atoms with van der Waals surface area (Å²) in [6, 6.07) is 2.42. The van der Waals surface area contributed by atoms with E-state index in [1.807, 2.05) is 5.38 Å². The monoisotopic (exact) mass is 316 g/mol. The second-order valence-electron chi connectivity index (χ2n) is 6.27. The molecule has 6 heteroatoms. The molecule has 0 aromatic carbocycles. The van der Waals surface area contributed by atoms with Crippen LogP contribution < -0.4 is 10.0 Å². The molecule has 1 saturated carbocycles. The molecule has 1 aliphatic rings. The molecule has 1 aromatic heterocycles. The Morgan fingerprint density at radius 2 is 2.10 bits per heavy atom. The Balaban J connectivity index is 1.94. The molecule has 1 aliphatic carbocycles. The maximum absolute atomic E-state index is 12.2. The van der Waals surface area contributed by atoms with Gasteiger partial charge in [-0.1, -0.05) is 20.8 Å². The molecule has 0 radical (unpaired) electrons. The summed E-state index contributed by atoms with van der Waals surface area (Å²) in [5, 5.41) is 5.32. The summed E-state index contributed by atoms with van der Waals surface area (Å²) in [7, 11) is -3.36. The van der Waals surface area contributed by atoms with Crippen molar-refractivity contribution >= 4 is 21.4 Å². The van der Waals surface area contributed by atoms with E-state index in [4.69, 9.17) is 0 Å². The van der Waals surface area contributed by atoms with Gasteiger partial charge in [-0.05, 0) is 41.7 Å². The zero-order valence-corrected chi connectivity index (χ0v) is 14.0. The molecule has 0 spiro atoms. The van der Waals surface area contributed by atoms with Gasteiger partial charge in [-0.15, -0.1) is 11.3 Å². The molecular formula is C14H24N2O2S2. The average Bonchev–Trinajstić information content (AvgIpc) is 3.10. The summed E-state index contributed by atoms with van der Waals surface area (Å²) in [5.41, 5.74) is 1.04. The van der Waals surface area contributed by atoms with Crippen molar-refractivity contribution in [2.75, 3.05) is 6.54 Å². The van der Waals surface area contributed by atoms with E-state index in [0.717, 1.165) is 18.5 Å². The third-order valence-corrected chi connectivity index (χ3v) is 6.65. The van der Waals surface area contributed by atoms with Crippen molar-refractivity contribution < 1.29 is 8.42 Å². The lowest BCUT2D eigenvalue weighted by Crippen LogP contribution is -2.33. The van der Waals surface area contributed by atoms with Gasteiger partial charge in [0.2, 0.25) is 10.0 Å². The van der Waals surface area contributed by atoms with E-state index in [1.54, 1.807) is 6.07 Å². The first-order valence-corrected chi connectivity index (χ1v) is 9.49. The smallest absolute Gasteiger partial charge is 0.250 e. The minimum Gasteiger partial charge on any atom is -0.310 e. The van der Waals surface area contributed by atoms with Crippen molar-refractivity contribution in [3.05, 3.63) is 17.0 Å². The van der Waals surface area contributed by atoms with Gasteiger partial charge in [0.25, 0.3) is 0 Å². The summed E-state index contributed by atoms with van der Waals surface area (Å²) in [6.07, 6.45) is 3.42. The summed E-state index contributed by atoms with van der Waals surface area (Å²) < 4.78 is 27.6. The number of nitrogens with one attached hydrogen (secondary N) is 2. The highest BCUT2D eigenvalue weighted by Gasteiger charge is 2.23. The van der Waals surface area contributed by atoms with E-state index < -0.39 is 10.0 Å². The second kappa shape index (κ2) is 6.13. The Hall–Kier alpha value is -0.430. The number of hydrogen-bond donors (Lipinski definition) is 2. The van der Waals surface area contributed by atoms with E-state index >= 15 is 0 Å². The first-order chi connectivity index (χ1) is 9.32. The van der Waals surface area contributed by atoms with Crippen LogP contribution in [0.2, 0.25) is 0 Å². The zero-order chi connectivity index (χ0) is 14.8. The standard InChI is InChI=1S/C14H24N2O2S2/c1-4-14(2,3)10-16-20(17,18)13-7-11(9-19-13)8-15-12-5-6-12/h7,9,12,15-16H,4-6,8,10H2,1-3H3. The van der Waals surface area contributed by atoms with Gasteiger partial charge in [-0.2, -0.15) is 0 Å². The van der Waals surface area contributed by atoms with Crippen LogP contribution in [0.15, 0.2) is 15.7 Å². The fraction of sp³-hybridized carbons (Fsp3) is 0.714. The molecule has 0 unspecified atom stereocenters. The Kier molecular flexibility index (Phi) is 4.89. The van der Waals surface area contributed by atoms with Crippen LogP contribution in [0.5, 0.6) is 0 Å². The van der Waals surface area contributed by atoms with Gasteiger partial charge in [-0.25, -0.2) is 13.1 Å². The number of thiophene rings is 1. The largest absolute Gasteiger partial charge is 0.310 e. The molecule has 4 nitrogen and oxygen atoms in total. The lowest BCUT2D eigenvalue weighted by molar-refractivity contribution is 0.350. The molecule has 1 fully saturated rings. The second-order valence-corrected chi connectivity index (χ2v) is 9.18. The van der Waals surface area contributed by atoms with Gasteiger partial charge in [0.05, 0.1) is 0 Å². The summed E-state index contributed by atoms with van der Waals surface area (Å²) in [5.74, 6) is 0. The van der Waals surface area contributed by atoms with Crippen LogP contribution in [-0.2, 0) is 16.6 Å². The van der Waals surface area contributed by atoms with Gasteiger partial charge in [0.15, 0.2) is 0 Å². The van der Waals surface area contributed by atoms with E-state index in [-0.39, 0.29) is 5.41 Å². The topological polar surface area (TPSA) is 58.2 Å². The number of sulfonamides is 1. The number of rotatable bonds is 8. The zero-order valence-electron chi connectivity index (χ0n) is 12.4. The summed E-state index contributed by atoms with van der Waals surface area (Å²) >= 11 is 1.30. The molecule has 114 valence electrons. The van der Waals surface area contributed by atoms with E-state index in [2.05, 4.69) is 30.8 Å². The van der Waals surface area contributed by atoms with E-state index in [0.29, 0.717) is 16.8 Å². The van der Waals surface area contributed by atoms with Crippen LogP contribution in [0, 0.1) is 5.41 Å². The van der Waals surface area contributed by atoms with Gasteiger partial charge in [0, 0.05) is 19.1 Å². The average molecular weight is 316 g/mol. The van der Waals surface area contributed by atoms with E-state index in [1.165, 1.54) is 24.2 Å². The van der Waals surface area contributed by atoms with Gasteiger partial charge >= 0.3 is 0 Å². The van der Waals surface area contributed by atoms with Crippen molar-refractivity contribution in [2.45, 2.75) is 56.8 Å². The van der Waals surface area contributed by atoms with Crippen molar-refractivity contribution in [3.8, 4) is 0 Å². The minimum absolute atomic E-state index is 0.0132. The summed E-state index contributed by atoms with van der Waals surface area (Å²) in [4.78, 5) is 0. The molecule has 1 aromatic rings. The van der Waals surface area contributed by atoms with Crippen LogP contribution in [0.25, 0.3) is 0 Å². The van der Waals surface area contributed by atoms with Gasteiger partial charge < -0.3 is 5.32 Å². The van der Waals surface area contributed by atoms with Crippen LogP contribution in [0.4, 0.5) is 0 Å². The molecule has 20 heavy (non-hydrogen) atoms. The minimum atomic E-state index is -3.36. The fourth-order valence-corrected chi connectivity index (χ4v) is 4.12. The molecule has 2 rings (SSSR count). The molecular weight excluding hydrogens is 292 g/mol. The van der Waals surface area contributed by atoms with Crippen LogP contribution in [0.1, 0.15) is 45.6 Å². The van der Waals surface area contributed by atoms with Crippen LogP contribution in [0.3, 0.4) is 0 Å². The molecule has 0 atom stereocenters. The maximum atomic E-state index is 12.2. The Morgan fingerprint density at radius 1 is 1.40 bits per heavy atom. The third kappa shape index (κ3) is 4.55. The quantitative estimate of drug-likeness (QED) is 0.775. The highest BCUT2D eigenvalue weighted by molar-refractivity contribution is 7.91. The Morgan fingerprint density at radius 3 is 2.70 bits per heavy atom. The van der Waals surface area contributed by atoms with Gasteiger partial charge in [-0.3, -0.25) is 0 Å². The highest BCUT2D eigenvalue weighted by atomic mass is 32.2. The maximum Gasteiger partial charge on any atom is 0.250 e. The third-order valence-electron chi connectivity index (χ3n) is 3.76. The first-order valence-electron chi connectivity index (χ1n) is 7.13. The highest BCUT2D eigenvalue weighted by Crippen LogP contribution is 2.24. The van der Waals surface area contributed by atoms with Crippen LogP contribution >= 0.6 is 11.3 Å². The molecule has 0 saturated heterocycles. The first kappa shape index (κ1) is 15.9. The lowest BCUT2D eigenvalue weighted by Gasteiger charge is -2.22. The lowest BCUT2D eigenvalue weighted by atomic mass is 9.91. The van der Waals surface area contributed by atoms with Crippen molar-refractivity contribution in [1.29, 1.82) is 0 Å². The fourth-order valence-electron chi connectivity index (χ4n) is 1.62. The molecule has 0 bridgehead atoms. The SMILES string of the molecule is CCC(C)(C)CNS(=O)(=O)c1cc(CNC2CC2)cs1. The normalized spacial score (nSPS) is 16.6. The van der Waals surface area contributed by atoms with E-state index in [9.17, 15) is 8.42 Å². The Bertz CT molecular complexity index is 545. The predicted octanol–water partition coefficient (Wildman–Crippen LogP) is 2.71. The number of hydrogen-bond acceptors (Lipinski definition) is 4. The molecule has 0 aliphatic heterocycles. The summed E-state index contributed by atoms with van der Waals surface area (Å²) in [6.45, 7) is 7.43. The van der Waals surface area contributed by atoms with Crippen LogP contribution in [-0.4, -0.2) is 21.0 Å². The van der Waals surface area contributed by atoms with Gasteiger partial charge in [0.1, 0.15) is 4.21 Å². The van der Waals surface area contributed by atoms with Crippen molar-refractivity contribution in [1.82, 2.24) is 10.0 Å². The van der Waals surface area contributed by atoms with Crippen molar-refractivity contribution in [2.24, 2.45) is 5.41 Å². The molecule has 1 heterocycles.